The number of hydrogen-bond acceptors (Lipinski definition) is 4. The number of nitrogen functional groups attached to an aromatic ring is 1. The summed E-state index contributed by atoms with van der Waals surface area (Å²) in [6, 6.07) is 6.50. The van der Waals surface area contributed by atoms with Gasteiger partial charge in [0.1, 0.15) is 0 Å². The lowest BCUT2D eigenvalue weighted by atomic mass is 10.1. The normalized spacial score (nSPS) is 9.94. The van der Waals surface area contributed by atoms with Gasteiger partial charge in [-0.15, -0.1) is 23.7 Å². The van der Waals surface area contributed by atoms with E-state index in [0.29, 0.717) is 5.13 Å². The number of nitrogens with two attached hydrogens (primary N) is 1. The number of rotatable bonds is 3. The van der Waals surface area contributed by atoms with E-state index in [2.05, 4.69) is 49.0 Å². The van der Waals surface area contributed by atoms with Gasteiger partial charge in [0.05, 0.1) is 6.54 Å². The summed E-state index contributed by atoms with van der Waals surface area (Å²) in [5.41, 5.74) is 9.46. The van der Waals surface area contributed by atoms with E-state index >= 15 is 0 Å². The Labute approximate surface area is 118 Å². The highest BCUT2D eigenvalue weighted by Crippen LogP contribution is 2.24. The monoisotopic (exact) mass is 283 g/mol. The SMILES string of the molecule is Cc1ccc(C)c(N(C)Cc2cnc(N)s2)c1.Cl. The van der Waals surface area contributed by atoms with Crippen LogP contribution < -0.4 is 10.6 Å². The van der Waals surface area contributed by atoms with Gasteiger partial charge in [0.25, 0.3) is 0 Å². The highest BCUT2D eigenvalue weighted by atomic mass is 35.5. The van der Waals surface area contributed by atoms with Crippen LogP contribution >= 0.6 is 23.7 Å². The zero-order chi connectivity index (χ0) is 12.4. The number of benzene rings is 1. The fraction of sp³-hybridized carbons (Fsp3) is 0.308. The molecule has 0 bridgehead atoms. The minimum absolute atomic E-state index is 0. The van der Waals surface area contributed by atoms with Gasteiger partial charge in [-0.25, -0.2) is 4.98 Å². The maximum absolute atomic E-state index is 5.64. The molecule has 0 aliphatic carbocycles. The summed E-state index contributed by atoms with van der Waals surface area (Å²) >= 11 is 1.55. The Morgan fingerprint density at radius 1 is 1.33 bits per heavy atom. The largest absolute Gasteiger partial charge is 0.375 e. The van der Waals surface area contributed by atoms with Crippen molar-refractivity contribution in [2.75, 3.05) is 17.7 Å². The molecule has 98 valence electrons. The van der Waals surface area contributed by atoms with Gasteiger partial charge in [-0.2, -0.15) is 0 Å². The first kappa shape index (κ1) is 14.8. The van der Waals surface area contributed by atoms with E-state index in [0.717, 1.165) is 6.54 Å². The molecular weight excluding hydrogens is 266 g/mol. The van der Waals surface area contributed by atoms with Gasteiger partial charge < -0.3 is 10.6 Å². The molecule has 0 unspecified atom stereocenters. The fourth-order valence-corrected chi connectivity index (χ4v) is 2.58. The molecule has 3 nitrogen and oxygen atoms in total. The summed E-state index contributed by atoms with van der Waals surface area (Å²) in [7, 11) is 2.09. The lowest BCUT2D eigenvalue weighted by molar-refractivity contribution is 0.929. The molecule has 0 aliphatic rings. The second kappa shape index (κ2) is 6.07. The molecule has 5 heteroatoms. The van der Waals surface area contributed by atoms with Crippen LogP contribution in [0.2, 0.25) is 0 Å². The average molecular weight is 284 g/mol. The number of halogens is 1. The van der Waals surface area contributed by atoms with Crippen LogP contribution in [-0.4, -0.2) is 12.0 Å². The third-order valence-corrected chi connectivity index (χ3v) is 3.55. The number of aryl methyl sites for hydroxylation is 2. The molecule has 0 saturated heterocycles. The van der Waals surface area contributed by atoms with Crippen molar-refractivity contribution in [3.05, 3.63) is 40.4 Å². The quantitative estimate of drug-likeness (QED) is 0.939. The van der Waals surface area contributed by atoms with E-state index in [1.54, 1.807) is 11.3 Å². The van der Waals surface area contributed by atoms with Gasteiger partial charge in [-0.3, -0.25) is 0 Å². The number of thiazole rings is 1. The maximum atomic E-state index is 5.64. The van der Waals surface area contributed by atoms with Crippen LogP contribution in [0.25, 0.3) is 0 Å². The Bertz CT molecular complexity index is 525. The minimum Gasteiger partial charge on any atom is -0.375 e. The van der Waals surface area contributed by atoms with Gasteiger partial charge >= 0.3 is 0 Å². The summed E-state index contributed by atoms with van der Waals surface area (Å²) < 4.78 is 0. The van der Waals surface area contributed by atoms with Crippen molar-refractivity contribution in [3.8, 4) is 0 Å². The predicted molar refractivity (Wildman–Crippen MR) is 81.8 cm³/mol. The number of anilines is 2. The molecule has 2 N–H and O–H groups in total. The standard InChI is InChI=1S/C13H17N3S.ClH/c1-9-4-5-10(2)12(6-9)16(3)8-11-7-15-13(14)17-11;/h4-7H,8H2,1-3H3,(H2,14,15);1H. The molecule has 18 heavy (non-hydrogen) atoms. The van der Waals surface area contributed by atoms with Crippen LogP contribution in [-0.2, 0) is 6.54 Å². The molecule has 2 aromatic rings. The van der Waals surface area contributed by atoms with E-state index in [-0.39, 0.29) is 12.4 Å². The van der Waals surface area contributed by atoms with Crippen molar-refractivity contribution in [3.63, 3.8) is 0 Å². The molecule has 0 fully saturated rings. The summed E-state index contributed by atoms with van der Waals surface area (Å²) in [6.45, 7) is 5.09. The van der Waals surface area contributed by atoms with E-state index in [4.69, 9.17) is 5.73 Å². The summed E-state index contributed by atoms with van der Waals surface area (Å²) in [4.78, 5) is 7.49. The zero-order valence-corrected chi connectivity index (χ0v) is 12.4. The van der Waals surface area contributed by atoms with Crippen molar-refractivity contribution in [1.82, 2.24) is 4.98 Å². The van der Waals surface area contributed by atoms with Crippen molar-refractivity contribution >= 4 is 34.6 Å². The summed E-state index contributed by atoms with van der Waals surface area (Å²) in [5.74, 6) is 0. The van der Waals surface area contributed by atoms with Crippen LogP contribution in [0.5, 0.6) is 0 Å². The molecule has 0 aliphatic heterocycles. The van der Waals surface area contributed by atoms with Crippen LogP contribution in [0, 0.1) is 13.8 Å². The highest BCUT2D eigenvalue weighted by Gasteiger charge is 2.07. The van der Waals surface area contributed by atoms with Crippen molar-refractivity contribution < 1.29 is 0 Å². The molecular formula is C13H18ClN3S. The lowest BCUT2D eigenvalue weighted by Gasteiger charge is -2.21. The van der Waals surface area contributed by atoms with Gasteiger partial charge in [-0.1, -0.05) is 12.1 Å². The molecule has 0 radical (unpaired) electrons. The average Bonchev–Trinajstić information content (AvgIpc) is 2.67. The fourth-order valence-electron chi connectivity index (χ4n) is 1.85. The highest BCUT2D eigenvalue weighted by molar-refractivity contribution is 7.15. The molecule has 1 heterocycles. The minimum atomic E-state index is 0. The van der Waals surface area contributed by atoms with Crippen LogP contribution in [0.15, 0.2) is 24.4 Å². The summed E-state index contributed by atoms with van der Waals surface area (Å²) in [6.07, 6.45) is 1.85. The third kappa shape index (κ3) is 3.37. The Morgan fingerprint density at radius 3 is 2.67 bits per heavy atom. The Morgan fingerprint density at radius 2 is 2.06 bits per heavy atom. The first-order valence-corrected chi connectivity index (χ1v) is 6.36. The van der Waals surface area contributed by atoms with Crippen LogP contribution in [0.3, 0.4) is 0 Å². The van der Waals surface area contributed by atoms with Crippen molar-refractivity contribution in [1.29, 1.82) is 0 Å². The zero-order valence-electron chi connectivity index (χ0n) is 10.8. The van der Waals surface area contributed by atoms with Gasteiger partial charge in [0.15, 0.2) is 5.13 Å². The Hall–Kier alpha value is -1.26. The Balaban J connectivity index is 0.00000162. The predicted octanol–water partition coefficient (Wildman–Crippen LogP) is 3.40. The van der Waals surface area contributed by atoms with Gasteiger partial charge in [0, 0.05) is 23.8 Å². The number of hydrogen-bond donors (Lipinski definition) is 1. The van der Waals surface area contributed by atoms with E-state index in [1.807, 2.05) is 6.20 Å². The molecule has 0 atom stereocenters. The molecule has 0 amide bonds. The molecule has 2 rings (SSSR count). The maximum Gasteiger partial charge on any atom is 0.180 e. The molecule has 1 aromatic heterocycles. The third-order valence-electron chi connectivity index (χ3n) is 2.74. The second-order valence-corrected chi connectivity index (χ2v) is 5.46. The van der Waals surface area contributed by atoms with Crippen LogP contribution in [0.4, 0.5) is 10.8 Å². The molecule has 0 saturated carbocycles. The second-order valence-electron chi connectivity index (χ2n) is 4.31. The van der Waals surface area contributed by atoms with Crippen molar-refractivity contribution in [2.24, 2.45) is 0 Å². The van der Waals surface area contributed by atoms with Gasteiger partial charge in [-0.05, 0) is 31.0 Å². The first-order chi connectivity index (χ1) is 8.06. The van der Waals surface area contributed by atoms with Crippen LogP contribution in [0.1, 0.15) is 16.0 Å². The number of nitrogens with zero attached hydrogens (tertiary/aromatic N) is 2. The topological polar surface area (TPSA) is 42.2 Å². The van der Waals surface area contributed by atoms with Crippen molar-refractivity contribution in [2.45, 2.75) is 20.4 Å². The van der Waals surface area contributed by atoms with Gasteiger partial charge in [0.2, 0.25) is 0 Å². The molecule has 1 aromatic carbocycles. The van der Waals surface area contributed by atoms with E-state index < -0.39 is 0 Å². The van der Waals surface area contributed by atoms with E-state index in [9.17, 15) is 0 Å². The lowest BCUT2D eigenvalue weighted by Crippen LogP contribution is -2.16. The molecule has 0 spiro atoms. The Kier molecular flexibility index (Phi) is 4.99. The summed E-state index contributed by atoms with van der Waals surface area (Å²) in [5, 5.41) is 0.634. The first-order valence-electron chi connectivity index (χ1n) is 5.55. The smallest absolute Gasteiger partial charge is 0.180 e. The number of aromatic nitrogens is 1. The van der Waals surface area contributed by atoms with E-state index in [1.165, 1.54) is 21.7 Å².